The number of carbonyl (C=O) groups is 1. The van der Waals surface area contributed by atoms with Gasteiger partial charge in [0.1, 0.15) is 6.61 Å². The zero-order chi connectivity index (χ0) is 20.9. The molecular weight excluding hydrogens is 414 g/mol. The molecule has 1 aliphatic heterocycles. The molecular formula is C24H19NO3S2. The summed E-state index contributed by atoms with van der Waals surface area (Å²) in [5, 5.41) is 0. The molecule has 1 heterocycles. The van der Waals surface area contributed by atoms with E-state index < -0.39 is 0 Å². The lowest BCUT2D eigenvalue weighted by molar-refractivity contribution is -0.113. The summed E-state index contributed by atoms with van der Waals surface area (Å²) in [6.45, 7) is 0.427. The van der Waals surface area contributed by atoms with Crippen LogP contribution in [0.2, 0.25) is 0 Å². The molecule has 0 atom stereocenters. The van der Waals surface area contributed by atoms with Gasteiger partial charge in [-0.1, -0.05) is 78.6 Å². The van der Waals surface area contributed by atoms with Gasteiger partial charge in [0.05, 0.1) is 17.7 Å². The van der Waals surface area contributed by atoms with Gasteiger partial charge in [-0.15, -0.1) is 0 Å². The number of methoxy groups -OCH3 is 1. The number of thiocarbonyl (C=S) groups is 1. The van der Waals surface area contributed by atoms with Gasteiger partial charge in [0.15, 0.2) is 15.8 Å². The number of thioether (sulfide) groups is 1. The number of nitrogens with zero attached hydrogens (tertiary/aromatic N) is 1. The van der Waals surface area contributed by atoms with Gasteiger partial charge in [0, 0.05) is 0 Å². The Morgan fingerprint density at radius 1 is 0.967 bits per heavy atom. The molecule has 1 aliphatic rings. The van der Waals surface area contributed by atoms with Crippen LogP contribution in [0.1, 0.15) is 11.1 Å². The Hall–Kier alpha value is -3.09. The first-order valence-corrected chi connectivity index (χ1v) is 10.6. The van der Waals surface area contributed by atoms with Crippen molar-refractivity contribution in [3.8, 4) is 11.5 Å². The second kappa shape index (κ2) is 9.15. The standard InChI is InChI=1S/C24H19NO3S2/c1-27-20-13-12-18(14-21(20)28-16-17-8-4-2-5-9-17)15-22-23(26)25(24(29)30-22)19-10-6-3-7-11-19/h2-15H,16H2,1H3/b22-15-. The number of amides is 1. The molecule has 6 heteroatoms. The fourth-order valence-corrected chi connectivity index (χ4v) is 4.35. The van der Waals surface area contributed by atoms with Gasteiger partial charge < -0.3 is 9.47 Å². The third-order valence-electron chi connectivity index (χ3n) is 4.53. The Morgan fingerprint density at radius 3 is 2.37 bits per heavy atom. The van der Waals surface area contributed by atoms with E-state index in [1.807, 2.05) is 84.9 Å². The van der Waals surface area contributed by atoms with Crippen LogP contribution in [0.4, 0.5) is 5.69 Å². The number of benzene rings is 3. The zero-order valence-corrected chi connectivity index (χ0v) is 17.9. The van der Waals surface area contributed by atoms with Gasteiger partial charge in [-0.25, -0.2) is 0 Å². The van der Waals surface area contributed by atoms with Crippen LogP contribution in [0.5, 0.6) is 11.5 Å². The molecule has 0 aromatic heterocycles. The smallest absolute Gasteiger partial charge is 0.270 e. The number of ether oxygens (including phenoxy) is 2. The van der Waals surface area contributed by atoms with Crippen LogP contribution in [0, 0.1) is 0 Å². The Bertz CT molecular complexity index is 1100. The number of carbonyl (C=O) groups excluding carboxylic acids is 1. The maximum atomic E-state index is 12.9. The molecule has 0 spiro atoms. The predicted molar refractivity (Wildman–Crippen MR) is 126 cm³/mol. The Kier molecular flexibility index (Phi) is 6.16. The predicted octanol–water partition coefficient (Wildman–Crippen LogP) is 5.68. The fourth-order valence-electron chi connectivity index (χ4n) is 3.05. The summed E-state index contributed by atoms with van der Waals surface area (Å²) in [5.41, 5.74) is 2.67. The van der Waals surface area contributed by atoms with Crippen molar-refractivity contribution < 1.29 is 14.3 Å². The first-order chi connectivity index (χ1) is 14.7. The minimum absolute atomic E-state index is 0.126. The molecule has 0 unspecified atom stereocenters. The second-order valence-electron chi connectivity index (χ2n) is 6.54. The molecule has 150 valence electrons. The average Bonchev–Trinajstić information content (AvgIpc) is 3.06. The van der Waals surface area contributed by atoms with Gasteiger partial charge in [0.2, 0.25) is 0 Å². The summed E-state index contributed by atoms with van der Waals surface area (Å²) in [6, 6.07) is 25.0. The van der Waals surface area contributed by atoms with E-state index in [4.69, 9.17) is 21.7 Å². The fraction of sp³-hybridized carbons (Fsp3) is 0.0833. The van der Waals surface area contributed by atoms with Gasteiger partial charge in [-0.2, -0.15) is 0 Å². The SMILES string of the molecule is COc1ccc(/C=C2\SC(=S)N(c3ccccc3)C2=O)cc1OCc1ccccc1. The van der Waals surface area contributed by atoms with Crippen LogP contribution in [-0.2, 0) is 11.4 Å². The molecule has 1 saturated heterocycles. The Labute approximate surface area is 185 Å². The molecule has 0 aliphatic carbocycles. The molecule has 1 fully saturated rings. The molecule has 0 N–H and O–H groups in total. The molecule has 4 rings (SSSR count). The molecule has 0 saturated carbocycles. The van der Waals surface area contributed by atoms with E-state index in [2.05, 4.69) is 0 Å². The van der Waals surface area contributed by atoms with E-state index in [9.17, 15) is 4.79 Å². The molecule has 30 heavy (non-hydrogen) atoms. The van der Waals surface area contributed by atoms with E-state index in [0.29, 0.717) is 27.3 Å². The van der Waals surface area contributed by atoms with E-state index in [1.54, 1.807) is 12.0 Å². The van der Waals surface area contributed by atoms with Gasteiger partial charge >= 0.3 is 0 Å². The number of anilines is 1. The van der Waals surface area contributed by atoms with E-state index in [0.717, 1.165) is 16.8 Å². The topological polar surface area (TPSA) is 38.8 Å². The molecule has 4 nitrogen and oxygen atoms in total. The number of hydrogen-bond donors (Lipinski definition) is 0. The quantitative estimate of drug-likeness (QED) is 0.369. The van der Waals surface area contributed by atoms with E-state index in [1.165, 1.54) is 11.8 Å². The van der Waals surface area contributed by atoms with Crippen molar-refractivity contribution in [2.75, 3.05) is 12.0 Å². The highest BCUT2D eigenvalue weighted by Gasteiger charge is 2.33. The van der Waals surface area contributed by atoms with Crippen molar-refractivity contribution in [1.82, 2.24) is 0 Å². The largest absolute Gasteiger partial charge is 0.493 e. The minimum Gasteiger partial charge on any atom is -0.493 e. The summed E-state index contributed by atoms with van der Waals surface area (Å²) in [5.74, 6) is 1.13. The maximum absolute atomic E-state index is 12.9. The summed E-state index contributed by atoms with van der Waals surface area (Å²) in [6.07, 6.45) is 1.83. The lowest BCUT2D eigenvalue weighted by atomic mass is 10.1. The molecule has 1 amide bonds. The lowest BCUT2D eigenvalue weighted by Crippen LogP contribution is -2.27. The zero-order valence-electron chi connectivity index (χ0n) is 16.3. The summed E-state index contributed by atoms with van der Waals surface area (Å²) >= 11 is 6.73. The van der Waals surface area contributed by atoms with Crippen LogP contribution in [0.15, 0.2) is 83.8 Å². The summed E-state index contributed by atoms with van der Waals surface area (Å²) in [4.78, 5) is 15.1. The van der Waals surface area contributed by atoms with Gasteiger partial charge in [-0.3, -0.25) is 9.69 Å². The maximum Gasteiger partial charge on any atom is 0.270 e. The van der Waals surface area contributed by atoms with Gasteiger partial charge in [-0.05, 0) is 41.5 Å². The van der Waals surface area contributed by atoms with Crippen molar-refractivity contribution in [2.45, 2.75) is 6.61 Å². The minimum atomic E-state index is -0.126. The number of rotatable bonds is 6. The molecule has 3 aromatic rings. The summed E-state index contributed by atoms with van der Waals surface area (Å²) < 4.78 is 11.9. The van der Waals surface area contributed by atoms with Crippen molar-refractivity contribution in [1.29, 1.82) is 0 Å². The van der Waals surface area contributed by atoms with Crippen LogP contribution in [-0.4, -0.2) is 17.3 Å². The van der Waals surface area contributed by atoms with Crippen molar-refractivity contribution in [2.24, 2.45) is 0 Å². The molecule has 3 aromatic carbocycles. The van der Waals surface area contributed by atoms with E-state index in [-0.39, 0.29) is 5.91 Å². The summed E-state index contributed by atoms with van der Waals surface area (Å²) in [7, 11) is 1.61. The van der Waals surface area contributed by atoms with Crippen molar-refractivity contribution in [3.05, 3.63) is 94.9 Å². The highest BCUT2D eigenvalue weighted by molar-refractivity contribution is 8.27. The first kappa shape index (κ1) is 20.2. The van der Waals surface area contributed by atoms with Crippen LogP contribution in [0.3, 0.4) is 0 Å². The molecule has 0 bridgehead atoms. The first-order valence-electron chi connectivity index (χ1n) is 9.33. The Morgan fingerprint density at radius 2 is 1.67 bits per heavy atom. The third-order valence-corrected chi connectivity index (χ3v) is 5.83. The second-order valence-corrected chi connectivity index (χ2v) is 8.21. The lowest BCUT2D eigenvalue weighted by Gasteiger charge is -2.14. The Balaban J connectivity index is 1.57. The van der Waals surface area contributed by atoms with Crippen molar-refractivity contribution in [3.63, 3.8) is 0 Å². The van der Waals surface area contributed by atoms with Gasteiger partial charge in [0.25, 0.3) is 5.91 Å². The number of hydrogen-bond acceptors (Lipinski definition) is 5. The van der Waals surface area contributed by atoms with Crippen LogP contribution < -0.4 is 14.4 Å². The highest BCUT2D eigenvalue weighted by atomic mass is 32.2. The van der Waals surface area contributed by atoms with Crippen molar-refractivity contribution >= 4 is 46.0 Å². The average molecular weight is 434 g/mol. The molecule has 0 radical (unpaired) electrons. The van der Waals surface area contributed by atoms with Crippen LogP contribution >= 0.6 is 24.0 Å². The van der Waals surface area contributed by atoms with E-state index >= 15 is 0 Å². The monoisotopic (exact) mass is 433 g/mol. The third kappa shape index (κ3) is 4.40. The number of para-hydroxylation sites is 1. The normalized spacial score (nSPS) is 15.0. The highest BCUT2D eigenvalue weighted by Crippen LogP contribution is 2.37. The van der Waals surface area contributed by atoms with Crippen LogP contribution in [0.25, 0.3) is 6.08 Å².